The molecule has 0 bridgehead atoms. The van der Waals surface area contributed by atoms with Gasteiger partial charge in [-0.1, -0.05) is 0 Å². The lowest BCUT2D eigenvalue weighted by Crippen LogP contribution is -2.41. The molecule has 0 saturated carbocycles. The Morgan fingerprint density at radius 2 is 1.90 bits per heavy atom. The van der Waals surface area contributed by atoms with Crippen molar-refractivity contribution in [2.45, 2.75) is 27.7 Å². The Kier molecular flexibility index (Phi) is 4.37. The molecule has 2 heterocycles. The van der Waals surface area contributed by atoms with Gasteiger partial charge in [0.1, 0.15) is 10.7 Å². The summed E-state index contributed by atoms with van der Waals surface area (Å²) in [5.74, 6) is 0.262. The summed E-state index contributed by atoms with van der Waals surface area (Å²) in [5, 5.41) is 0.881. The number of fused-ring (bicyclic) bond motifs is 1. The van der Waals surface area contributed by atoms with Crippen molar-refractivity contribution >= 4 is 33.6 Å². The molecule has 7 nitrogen and oxygen atoms in total. The molecule has 2 amide bonds. The largest absolute Gasteiger partial charge is 0.449 e. The Morgan fingerprint density at radius 3 is 2.57 bits per heavy atom. The number of hydrogen-bond acceptors (Lipinski definition) is 6. The molecular formula is C13H16N4O3S. The Labute approximate surface area is 125 Å². The molecule has 2 rings (SSSR count). The van der Waals surface area contributed by atoms with Crippen LogP contribution in [0.1, 0.15) is 33.7 Å². The molecule has 0 radical (unpaired) electrons. The molecule has 21 heavy (non-hydrogen) atoms. The van der Waals surface area contributed by atoms with Crippen molar-refractivity contribution in [2.24, 2.45) is 0 Å². The highest BCUT2D eigenvalue weighted by Gasteiger charge is 2.19. The second-order valence-corrected chi connectivity index (χ2v) is 5.39. The van der Waals surface area contributed by atoms with Gasteiger partial charge in [-0.2, -0.15) is 0 Å². The highest BCUT2D eigenvalue weighted by Crippen LogP contribution is 2.30. The number of nitrogens with one attached hydrogen (secondary N) is 2. The summed E-state index contributed by atoms with van der Waals surface area (Å²) in [5.41, 5.74) is 6.15. The predicted octanol–water partition coefficient (Wildman–Crippen LogP) is 2.01. The third-order valence-electron chi connectivity index (χ3n) is 2.84. The highest BCUT2D eigenvalue weighted by molar-refractivity contribution is 7.20. The van der Waals surface area contributed by atoms with Gasteiger partial charge in [0.25, 0.3) is 5.91 Å². The summed E-state index contributed by atoms with van der Waals surface area (Å²) >= 11 is 1.27. The van der Waals surface area contributed by atoms with Gasteiger partial charge in [-0.15, -0.1) is 11.3 Å². The zero-order valence-corrected chi connectivity index (χ0v) is 13.1. The normalized spacial score (nSPS) is 10.5. The van der Waals surface area contributed by atoms with Gasteiger partial charge in [0.15, 0.2) is 0 Å². The van der Waals surface area contributed by atoms with Gasteiger partial charge in [-0.05, 0) is 33.3 Å². The van der Waals surface area contributed by atoms with Crippen molar-refractivity contribution in [3.63, 3.8) is 0 Å². The molecule has 0 aromatic carbocycles. The number of amides is 2. The number of ether oxygens (including phenoxy) is 1. The number of rotatable bonds is 2. The third-order valence-corrected chi connectivity index (χ3v) is 4.03. The molecule has 2 aromatic rings. The molecule has 0 aliphatic rings. The maximum absolute atomic E-state index is 12.1. The SMILES string of the molecule is CCOC(=O)NNC(=O)c1sc2nc(C)nc(C)c2c1C. The molecule has 0 spiro atoms. The van der Waals surface area contributed by atoms with E-state index in [1.54, 1.807) is 6.92 Å². The summed E-state index contributed by atoms with van der Waals surface area (Å²) in [6.07, 6.45) is -0.698. The molecule has 0 aliphatic heterocycles. The van der Waals surface area contributed by atoms with E-state index in [2.05, 4.69) is 25.6 Å². The number of nitrogens with zero attached hydrogens (tertiary/aromatic N) is 2. The first-order valence-electron chi connectivity index (χ1n) is 6.41. The average molecular weight is 308 g/mol. The first-order valence-corrected chi connectivity index (χ1v) is 7.23. The molecule has 0 saturated heterocycles. The van der Waals surface area contributed by atoms with Crippen LogP contribution in [-0.4, -0.2) is 28.6 Å². The molecule has 0 fully saturated rings. The van der Waals surface area contributed by atoms with Crippen LogP contribution in [0.5, 0.6) is 0 Å². The Balaban J connectivity index is 2.26. The standard InChI is InChI=1S/C13H16N4O3S/c1-5-20-13(19)17-16-11(18)10-6(2)9-7(3)14-8(4)15-12(9)21-10/h5H2,1-4H3,(H,16,18)(H,17,19). The minimum absolute atomic E-state index is 0.234. The maximum Gasteiger partial charge on any atom is 0.426 e. The number of thiophene rings is 1. The Morgan fingerprint density at radius 1 is 1.19 bits per heavy atom. The van der Waals surface area contributed by atoms with E-state index in [4.69, 9.17) is 0 Å². The smallest absolute Gasteiger partial charge is 0.426 e. The number of carbonyl (C=O) groups is 2. The van der Waals surface area contributed by atoms with E-state index >= 15 is 0 Å². The lowest BCUT2D eigenvalue weighted by molar-refractivity contribution is 0.0916. The van der Waals surface area contributed by atoms with Crippen LogP contribution in [0.25, 0.3) is 10.2 Å². The summed E-state index contributed by atoms with van der Waals surface area (Å²) in [6, 6.07) is 0. The van der Waals surface area contributed by atoms with Crippen LogP contribution >= 0.6 is 11.3 Å². The van der Waals surface area contributed by atoms with Crippen LogP contribution in [0.4, 0.5) is 4.79 Å². The summed E-state index contributed by atoms with van der Waals surface area (Å²) in [6.45, 7) is 7.45. The zero-order valence-electron chi connectivity index (χ0n) is 12.2. The van der Waals surface area contributed by atoms with Gasteiger partial charge in [0.2, 0.25) is 0 Å². The highest BCUT2D eigenvalue weighted by atomic mass is 32.1. The first-order chi connectivity index (χ1) is 9.93. The lowest BCUT2D eigenvalue weighted by atomic mass is 10.1. The van der Waals surface area contributed by atoms with Crippen LogP contribution < -0.4 is 10.9 Å². The van der Waals surface area contributed by atoms with E-state index in [9.17, 15) is 9.59 Å². The van der Waals surface area contributed by atoms with E-state index in [1.165, 1.54) is 11.3 Å². The van der Waals surface area contributed by atoms with E-state index in [0.29, 0.717) is 10.7 Å². The van der Waals surface area contributed by atoms with Gasteiger partial charge in [-0.25, -0.2) is 20.2 Å². The predicted molar refractivity (Wildman–Crippen MR) is 79.2 cm³/mol. The quantitative estimate of drug-likeness (QED) is 0.828. The van der Waals surface area contributed by atoms with E-state index < -0.39 is 12.0 Å². The van der Waals surface area contributed by atoms with Crippen molar-refractivity contribution < 1.29 is 14.3 Å². The van der Waals surface area contributed by atoms with Gasteiger partial charge >= 0.3 is 6.09 Å². The van der Waals surface area contributed by atoms with Crippen molar-refractivity contribution in [2.75, 3.05) is 6.61 Å². The number of hydrogen-bond donors (Lipinski definition) is 2. The zero-order chi connectivity index (χ0) is 15.6. The molecule has 112 valence electrons. The molecule has 2 aromatic heterocycles. The number of aryl methyl sites for hydroxylation is 3. The van der Waals surface area contributed by atoms with Gasteiger partial charge in [-0.3, -0.25) is 10.2 Å². The summed E-state index contributed by atoms with van der Waals surface area (Å²) < 4.78 is 4.67. The molecular weight excluding hydrogens is 292 g/mol. The summed E-state index contributed by atoms with van der Waals surface area (Å²) in [4.78, 5) is 33.2. The van der Waals surface area contributed by atoms with Crippen molar-refractivity contribution in [1.82, 2.24) is 20.8 Å². The second kappa shape index (κ2) is 6.04. The van der Waals surface area contributed by atoms with Crippen LogP contribution in [0.15, 0.2) is 0 Å². The minimum Gasteiger partial charge on any atom is -0.449 e. The lowest BCUT2D eigenvalue weighted by Gasteiger charge is -2.06. The van der Waals surface area contributed by atoms with Crippen molar-refractivity contribution in [3.05, 3.63) is 22.0 Å². The molecule has 2 N–H and O–H groups in total. The van der Waals surface area contributed by atoms with Crippen LogP contribution in [0, 0.1) is 20.8 Å². The summed E-state index contributed by atoms with van der Waals surface area (Å²) in [7, 11) is 0. The van der Waals surface area contributed by atoms with E-state index in [0.717, 1.165) is 21.5 Å². The number of hydrazine groups is 1. The van der Waals surface area contributed by atoms with Crippen molar-refractivity contribution in [3.8, 4) is 0 Å². The fourth-order valence-electron chi connectivity index (χ4n) is 2.02. The minimum atomic E-state index is -0.698. The fourth-order valence-corrected chi connectivity index (χ4v) is 3.19. The fraction of sp³-hybridized carbons (Fsp3) is 0.385. The van der Waals surface area contributed by atoms with E-state index in [-0.39, 0.29) is 6.61 Å². The van der Waals surface area contributed by atoms with Gasteiger partial charge < -0.3 is 4.74 Å². The number of carbonyl (C=O) groups excluding carboxylic acids is 2. The molecule has 8 heteroatoms. The van der Waals surface area contributed by atoms with Gasteiger partial charge in [0.05, 0.1) is 11.5 Å². The average Bonchev–Trinajstić information content (AvgIpc) is 2.73. The molecule has 0 atom stereocenters. The first kappa shape index (κ1) is 15.2. The van der Waals surface area contributed by atoms with Gasteiger partial charge in [0, 0.05) is 11.1 Å². The van der Waals surface area contributed by atoms with Crippen LogP contribution in [-0.2, 0) is 4.74 Å². The van der Waals surface area contributed by atoms with Crippen molar-refractivity contribution in [1.29, 1.82) is 0 Å². The Hall–Kier alpha value is -2.22. The Bertz CT molecular complexity index is 711. The number of aromatic nitrogens is 2. The van der Waals surface area contributed by atoms with Crippen LogP contribution in [0.2, 0.25) is 0 Å². The van der Waals surface area contributed by atoms with E-state index in [1.807, 2.05) is 20.8 Å². The third kappa shape index (κ3) is 3.10. The second-order valence-electron chi connectivity index (χ2n) is 4.39. The maximum atomic E-state index is 12.1. The topological polar surface area (TPSA) is 93.2 Å². The monoisotopic (exact) mass is 308 g/mol. The molecule has 0 aliphatic carbocycles. The van der Waals surface area contributed by atoms with Crippen LogP contribution in [0.3, 0.4) is 0 Å². The molecule has 0 unspecified atom stereocenters.